The molecular weight excluding hydrogens is 180 g/mol. The molecule has 1 aromatic rings. The fourth-order valence-corrected chi connectivity index (χ4v) is 0.914. The zero-order chi connectivity index (χ0) is 10.7. The Bertz CT molecular complexity index is 316. The fraction of sp³-hybridized carbons (Fsp3) is 0.667. The van der Waals surface area contributed by atoms with Crippen molar-refractivity contribution >= 4 is 5.95 Å². The van der Waals surface area contributed by atoms with Crippen LogP contribution in [0.3, 0.4) is 0 Å². The predicted octanol–water partition coefficient (Wildman–Crippen LogP) is 0.305. The Labute approximate surface area is 83.8 Å². The molecule has 14 heavy (non-hydrogen) atoms. The van der Waals surface area contributed by atoms with Crippen LogP contribution in [-0.4, -0.2) is 40.0 Å². The van der Waals surface area contributed by atoms with Gasteiger partial charge in [0.05, 0.1) is 24.0 Å². The highest BCUT2D eigenvalue weighted by Gasteiger charge is 2.12. The van der Waals surface area contributed by atoms with Crippen LogP contribution in [0.2, 0.25) is 0 Å². The van der Waals surface area contributed by atoms with Crippen LogP contribution in [0.25, 0.3) is 0 Å². The lowest BCUT2D eigenvalue weighted by Crippen LogP contribution is -2.33. The van der Waals surface area contributed by atoms with Gasteiger partial charge >= 0.3 is 0 Å². The Balaban J connectivity index is 2.91. The highest BCUT2D eigenvalue weighted by Crippen LogP contribution is 2.08. The number of aliphatic hydroxyl groups excluding tert-OH is 1. The smallest absolute Gasteiger partial charge is 0.245 e. The van der Waals surface area contributed by atoms with E-state index in [1.54, 1.807) is 4.90 Å². The first-order chi connectivity index (χ1) is 6.56. The van der Waals surface area contributed by atoms with E-state index in [1.165, 1.54) is 0 Å². The highest BCUT2D eigenvalue weighted by molar-refractivity contribution is 5.29. The minimum absolute atomic E-state index is 0.00101. The summed E-state index contributed by atoms with van der Waals surface area (Å²) in [5, 5.41) is 16.9. The normalized spacial score (nSPS) is 12.6. The molecular formula is C9H16N4O. The lowest BCUT2D eigenvalue weighted by atomic mass is 10.3. The summed E-state index contributed by atoms with van der Waals surface area (Å²) >= 11 is 0. The van der Waals surface area contributed by atoms with Gasteiger partial charge in [-0.1, -0.05) is 0 Å². The van der Waals surface area contributed by atoms with E-state index in [1.807, 2.05) is 27.8 Å². The number of rotatable bonds is 3. The second-order valence-corrected chi connectivity index (χ2v) is 3.43. The molecule has 0 aliphatic heterocycles. The van der Waals surface area contributed by atoms with Crippen LogP contribution in [0.5, 0.6) is 0 Å². The highest BCUT2D eigenvalue weighted by atomic mass is 16.3. The maximum Gasteiger partial charge on any atom is 0.245 e. The summed E-state index contributed by atoms with van der Waals surface area (Å²) < 4.78 is 0. The van der Waals surface area contributed by atoms with Gasteiger partial charge in [0.25, 0.3) is 0 Å². The summed E-state index contributed by atoms with van der Waals surface area (Å²) in [7, 11) is 1.84. The van der Waals surface area contributed by atoms with Crippen molar-refractivity contribution in [3.8, 4) is 0 Å². The minimum Gasteiger partial charge on any atom is -0.394 e. The van der Waals surface area contributed by atoms with Crippen molar-refractivity contribution in [2.24, 2.45) is 0 Å². The second-order valence-electron chi connectivity index (χ2n) is 3.43. The molecule has 1 heterocycles. The first kappa shape index (κ1) is 10.8. The van der Waals surface area contributed by atoms with Gasteiger partial charge in [0, 0.05) is 7.05 Å². The Morgan fingerprint density at radius 1 is 1.29 bits per heavy atom. The Kier molecular flexibility index (Phi) is 3.35. The van der Waals surface area contributed by atoms with E-state index < -0.39 is 0 Å². The van der Waals surface area contributed by atoms with Crippen LogP contribution >= 0.6 is 0 Å². The molecule has 1 atom stereocenters. The maximum absolute atomic E-state index is 8.97. The van der Waals surface area contributed by atoms with Crippen molar-refractivity contribution in [1.82, 2.24) is 15.2 Å². The molecule has 0 aliphatic carbocycles. The van der Waals surface area contributed by atoms with Crippen LogP contribution in [0.4, 0.5) is 5.95 Å². The number of aliphatic hydroxyl groups is 1. The van der Waals surface area contributed by atoms with Gasteiger partial charge < -0.3 is 10.0 Å². The van der Waals surface area contributed by atoms with Crippen molar-refractivity contribution in [2.45, 2.75) is 26.8 Å². The number of likely N-dealkylation sites (N-methyl/N-ethyl adjacent to an activating group) is 1. The predicted molar refractivity (Wildman–Crippen MR) is 54.3 cm³/mol. The topological polar surface area (TPSA) is 62.1 Å². The third-order valence-electron chi connectivity index (χ3n) is 2.32. The number of anilines is 1. The molecule has 0 bridgehead atoms. The van der Waals surface area contributed by atoms with Gasteiger partial charge in [-0.15, -0.1) is 5.10 Å². The molecule has 78 valence electrons. The number of hydrogen-bond donors (Lipinski definition) is 1. The van der Waals surface area contributed by atoms with Crippen LogP contribution in [0, 0.1) is 13.8 Å². The number of nitrogens with zero attached hydrogens (tertiary/aromatic N) is 4. The summed E-state index contributed by atoms with van der Waals surface area (Å²) in [6, 6.07) is -0.00101. The summed E-state index contributed by atoms with van der Waals surface area (Å²) in [6.45, 7) is 5.74. The molecule has 1 aromatic heterocycles. The molecule has 0 fully saturated rings. The van der Waals surface area contributed by atoms with Gasteiger partial charge in [-0.25, -0.2) is 4.98 Å². The zero-order valence-electron chi connectivity index (χ0n) is 9.02. The van der Waals surface area contributed by atoms with E-state index in [2.05, 4.69) is 15.2 Å². The molecule has 0 saturated carbocycles. The quantitative estimate of drug-likeness (QED) is 0.753. The van der Waals surface area contributed by atoms with Crippen molar-refractivity contribution in [3.05, 3.63) is 11.4 Å². The maximum atomic E-state index is 8.97. The van der Waals surface area contributed by atoms with Gasteiger partial charge in [-0.05, 0) is 20.8 Å². The molecule has 0 spiro atoms. The Morgan fingerprint density at radius 3 is 2.43 bits per heavy atom. The third-order valence-corrected chi connectivity index (χ3v) is 2.32. The van der Waals surface area contributed by atoms with Gasteiger partial charge in [-0.2, -0.15) is 5.10 Å². The van der Waals surface area contributed by atoms with E-state index in [-0.39, 0.29) is 12.6 Å². The van der Waals surface area contributed by atoms with E-state index in [4.69, 9.17) is 5.11 Å². The van der Waals surface area contributed by atoms with E-state index in [0.717, 1.165) is 11.4 Å². The summed E-state index contributed by atoms with van der Waals surface area (Å²) in [5.74, 6) is 0.551. The number of aryl methyl sites for hydroxylation is 2. The molecule has 5 heteroatoms. The van der Waals surface area contributed by atoms with Crippen molar-refractivity contribution in [1.29, 1.82) is 0 Å². The van der Waals surface area contributed by atoms with E-state index in [9.17, 15) is 0 Å². The fourth-order valence-electron chi connectivity index (χ4n) is 0.914. The minimum atomic E-state index is -0.00101. The average Bonchev–Trinajstić information content (AvgIpc) is 2.20. The molecule has 0 aromatic carbocycles. The largest absolute Gasteiger partial charge is 0.394 e. The van der Waals surface area contributed by atoms with Crippen molar-refractivity contribution in [3.63, 3.8) is 0 Å². The van der Waals surface area contributed by atoms with Gasteiger partial charge in [-0.3, -0.25) is 0 Å². The lowest BCUT2D eigenvalue weighted by Gasteiger charge is -2.22. The van der Waals surface area contributed by atoms with Gasteiger partial charge in [0.15, 0.2) is 0 Å². The molecule has 0 radical (unpaired) electrons. The Morgan fingerprint density at radius 2 is 1.93 bits per heavy atom. The first-order valence-corrected chi connectivity index (χ1v) is 4.58. The lowest BCUT2D eigenvalue weighted by molar-refractivity contribution is 0.269. The van der Waals surface area contributed by atoms with Crippen LogP contribution in [-0.2, 0) is 0 Å². The van der Waals surface area contributed by atoms with Crippen LogP contribution in [0.1, 0.15) is 18.3 Å². The summed E-state index contributed by atoms with van der Waals surface area (Å²) in [5.41, 5.74) is 1.70. The zero-order valence-corrected chi connectivity index (χ0v) is 9.02. The molecule has 0 saturated heterocycles. The van der Waals surface area contributed by atoms with E-state index >= 15 is 0 Å². The van der Waals surface area contributed by atoms with Gasteiger partial charge in [0.1, 0.15) is 0 Å². The summed E-state index contributed by atoms with van der Waals surface area (Å²) in [6.07, 6.45) is 0. The third kappa shape index (κ3) is 2.17. The van der Waals surface area contributed by atoms with Gasteiger partial charge in [0.2, 0.25) is 5.95 Å². The van der Waals surface area contributed by atoms with Crippen LogP contribution < -0.4 is 4.90 Å². The SMILES string of the molecule is Cc1nnc(N(C)C(C)CO)nc1C. The van der Waals surface area contributed by atoms with Crippen molar-refractivity contribution in [2.75, 3.05) is 18.6 Å². The van der Waals surface area contributed by atoms with Crippen LogP contribution in [0.15, 0.2) is 0 Å². The first-order valence-electron chi connectivity index (χ1n) is 4.58. The Hall–Kier alpha value is -1.23. The number of hydrogen-bond acceptors (Lipinski definition) is 5. The second kappa shape index (κ2) is 4.32. The van der Waals surface area contributed by atoms with Crippen molar-refractivity contribution < 1.29 is 5.11 Å². The van der Waals surface area contributed by atoms with E-state index in [0.29, 0.717) is 5.95 Å². The molecule has 5 nitrogen and oxygen atoms in total. The molecule has 1 rings (SSSR count). The molecule has 1 N–H and O–H groups in total. The standard InChI is InChI=1S/C9H16N4O/c1-6(5-14)13(4)9-10-7(2)8(3)11-12-9/h6,14H,5H2,1-4H3. The summed E-state index contributed by atoms with van der Waals surface area (Å²) in [4.78, 5) is 6.09. The average molecular weight is 196 g/mol. The molecule has 0 amide bonds. The molecule has 1 unspecified atom stereocenters. The monoisotopic (exact) mass is 196 g/mol. The molecule has 0 aliphatic rings. The number of aromatic nitrogens is 3.